The van der Waals surface area contributed by atoms with Crippen LogP contribution in [-0.4, -0.2) is 9.97 Å². The molecular weight excluding hydrogens is 262 g/mol. The molecule has 2 N–H and O–H groups in total. The summed E-state index contributed by atoms with van der Waals surface area (Å²) in [4.78, 5) is 8.75. The van der Waals surface area contributed by atoms with Crippen LogP contribution in [0.3, 0.4) is 0 Å². The Labute approximate surface area is 122 Å². The van der Waals surface area contributed by atoms with E-state index in [-0.39, 0.29) is 5.95 Å². The first-order chi connectivity index (χ1) is 10.3. The second kappa shape index (κ2) is 4.59. The molecule has 1 aliphatic rings. The molecule has 0 atom stereocenters. The molecule has 21 heavy (non-hydrogen) atoms. The lowest BCUT2D eigenvalue weighted by atomic mass is 9.99. The topological polar surface area (TPSA) is 61.0 Å². The fourth-order valence-corrected chi connectivity index (χ4v) is 2.61. The number of aromatic nitrogens is 2. The summed E-state index contributed by atoms with van der Waals surface area (Å²) >= 11 is 0. The molecule has 0 bridgehead atoms. The van der Waals surface area contributed by atoms with Crippen molar-refractivity contribution in [2.24, 2.45) is 0 Å². The van der Waals surface area contributed by atoms with Crippen molar-refractivity contribution < 1.29 is 4.74 Å². The quantitative estimate of drug-likeness (QED) is 0.740. The predicted octanol–water partition coefficient (Wildman–Crippen LogP) is 3.29. The molecule has 0 amide bonds. The van der Waals surface area contributed by atoms with Crippen molar-refractivity contribution in [2.45, 2.75) is 6.61 Å². The first kappa shape index (κ1) is 11.9. The second-order valence-electron chi connectivity index (χ2n) is 4.92. The van der Waals surface area contributed by atoms with E-state index in [1.807, 2.05) is 54.6 Å². The van der Waals surface area contributed by atoms with Crippen molar-refractivity contribution in [3.05, 3.63) is 60.2 Å². The first-order valence-electron chi connectivity index (χ1n) is 6.77. The van der Waals surface area contributed by atoms with E-state index in [9.17, 15) is 0 Å². The molecule has 2 heterocycles. The molecule has 0 spiro atoms. The van der Waals surface area contributed by atoms with Crippen molar-refractivity contribution >= 4 is 5.95 Å². The summed E-state index contributed by atoms with van der Waals surface area (Å²) in [7, 11) is 0. The molecule has 4 rings (SSSR count). The van der Waals surface area contributed by atoms with Gasteiger partial charge < -0.3 is 10.5 Å². The highest BCUT2D eigenvalue weighted by Crippen LogP contribution is 2.41. The van der Waals surface area contributed by atoms with Gasteiger partial charge in [-0.3, -0.25) is 0 Å². The minimum atomic E-state index is 0.257. The normalized spacial score (nSPS) is 12.2. The van der Waals surface area contributed by atoms with Crippen LogP contribution in [-0.2, 0) is 6.61 Å². The molecule has 0 fully saturated rings. The van der Waals surface area contributed by atoms with Gasteiger partial charge in [-0.2, -0.15) is 0 Å². The Morgan fingerprint density at radius 3 is 2.43 bits per heavy atom. The van der Waals surface area contributed by atoms with Gasteiger partial charge >= 0.3 is 0 Å². The highest BCUT2D eigenvalue weighted by molar-refractivity contribution is 5.81. The van der Waals surface area contributed by atoms with E-state index in [2.05, 4.69) is 9.97 Å². The Morgan fingerprint density at radius 1 is 0.857 bits per heavy atom. The Balaban J connectivity index is 1.99. The van der Waals surface area contributed by atoms with Crippen LogP contribution in [0.4, 0.5) is 5.95 Å². The number of rotatable bonds is 1. The number of nitrogens with two attached hydrogens (primary N) is 1. The molecule has 4 heteroatoms. The number of anilines is 1. The largest absolute Gasteiger partial charge is 0.484 e. The van der Waals surface area contributed by atoms with E-state index in [0.29, 0.717) is 12.4 Å². The molecule has 0 aliphatic carbocycles. The van der Waals surface area contributed by atoms with E-state index < -0.39 is 0 Å². The Morgan fingerprint density at radius 2 is 1.57 bits per heavy atom. The summed E-state index contributed by atoms with van der Waals surface area (Å²) in [6, 6.07) is 18.0. The van der Waals surface area contributed by atoms with Crippen LogP contribution in [0.15, 0.2) is 54.6 Å². The summed E-state index contributed by atoms with van der Waals surface area (Å²) in [5, 5.41) is 0. The van der Waals surface area contributed by atoms with Crippen molar-refractivity contribution in [3.63, 3.8) is 0 Å². The van der Waals surface area contributed by atoms with Gasteiger partial charge in [0.2, 0.25) is 5.95 Å². The predicted molar refractivity (Wildman–Crippen MR) is 81.6 cm³/mol. The number of nitrogens with zero attached hydrogens (tertiary/aromatic N) is 2. The molecule has 102 valence electrons. The van der Waals surface area contributed by atoms with Crippen LogP contribution in [0.5, 0.6) is 5.75 Å². The molecule has 0 radical (unpaired) electrons. The van der Waals surface area contributed by atoms with Gasteiger partial charge in [-0.05, 0) is 5.56 Å². The minimum absolute atomic E-state index is 0.257. The van der Waals surface area contributed by atoms with Crippen LogP contribution in [0.2, 0.25) is 0 Å². The minimum Gasteiger partial charge on any atom is -0.484 e. The second-order valence-corrected chi connectivity index (χ2v) is 4.92. The van der Waals surface area contributed by atoms with E-state index in [0.717, 1.165) is 28.1 Å². The number of hydrogen-bond acceptors (Lipinski definition) is 4. The van der Waals surface area contributed by atoms with Crippen LogP contribution >= 0.6 is 0 Å². The van der Waals surface area contributed by atoms with Crippen molar-refractivity contribution in [1.82, 2.24) is 9.97 Å². The molecule has 0 saturated heterocycles. The lowest BCUT2D eigenvalue weighted by Crippen LogP contribution is -2.10. The Hall–Kier alpha value is -2.88. The van der Waals surface area contributed by atoms with Gasteiger partial charge in [-0.15, -0.1) is 0 Å². The maximum absolute atomic E-state index is 5.91. The molecular formula is C17H13N3O. The maximum Gasteiger partial charge on any atom is 0.221 e. The third-order valence-electron chi connectivity index (χ3n) is 3.57. The van der Waals surface area contributed by atoms with E-state index in [4.69, 9.17) is 10.5 Å². The fourth-order valence-electron chi connectivity index (χ4n) is 2.61. The van der Waals surface area contributed by atoms with Gasteiger partial charge in [0.1, 0.15) is 18.0 Å². The molecule has 0 saturated carbocycles. The molecule has 1 aromatic heterocycles. The fraction of sp³-hybridized carbons (Fsp3) is 0.0588. The zero-order valence-corrected chi connectivity index (χ0v) is 11.3. The number of benzene rings is 2. The zero-order valence-electron chi connectivity index (χ0n) is 11.3. The van der Waals surface area contributed by atoms with Crippen LogP contribution < -0.4 is 10.5 Å². The molecule has 3 aromatic rings. The average molecular weight is 275 g/mol. The summed E-state index contributed by atoms with van der Waals surface area (Å²) in [5.41, 5.74) is 10.6. The number of hydrogen-bond donors (Lipinski definition) is 1. The molecule has 4 nitrogen and oxygen atoms in total. The van der Waals surface area contributed by atoms with Crippen molar-refractivity contribution in [3.8, 4) is 28.3 Å². The summed E-state index contributed by atoms with van der Waals surface area (Å²) < 4.78 is 5.91. The van der Waals surface area contributed by atoms with Crippen LogP contribution in [0, 0.1) is 0 Å². The molecule has 2 aromatic carbocycles. The Kier molecular flexibility index (Phi) is 2.60. The Bertz CT molecular complexity index is 798. The SMILES string of the molecule is Nc1nc(-c2ccccc2)c2c(n1)-c1ccccc1CO2. The van der Waals surface area contributed by atoms with E-state index >= 15 is 0 Å². The van der Waals surface area contributed by atoms with Gasteiger partial charge in [0.15, 0.2) is 5.75 Å². The van der Waals surface area contributed by atoms with Gasteiger partial charge in [0, 0.05) is 11.1 Å². The summed E-state index contributed by atoms with van der Waals surface area (Å²) in [6.07, 6.45) is 0. The monoisotopic (exact) mass is 275 g/mol. The zero-order chi connectivity index (χ0) is 14.2. The van der Waals surface area contributed by atoms with Crippen LogP contribution in [0.1, 0.15) is 5.56 Å². The standard InChI is InChI=1S/C17H13N3O/c18-17-19-14(11-6-2-1-3-7-11)16-15(20-17)13-9-5-4-8-12(13)10-21-16/h1-9H,10H2,(H2,18,19,20). The molecule has 1 aliphatic heterocycles. The lowest BCUT2D eigenvalue weighted by Gasteiger charge is -2.22. The molecule has 0 unspecified atom stereocenters. The lowest BCUT2D eigenvalue weighted by molar-refractivity contribution is 0.301. The highest BCUT2D eigenvalue weighted by atomic mass is 16.5. The van der Waals surface area contributed by atoms with Gasteiger partial charge in [0.05, 0.1) is 0 Å². The number of nitrogen functional groups attached to an aromatic ring is 1. The third-order valence-corrected chi connectivity index (χ3v) is 3.57. The smallest absolute Gasteiger partial charge is 0.221 e. The summed E-state index contributed by atoms with van der Waals surface area (Å²) in [5.74, 6) is 0.960. The summed E-state index contributed by atoms with van der Waals surface area (Å²) in [6.45, 7) is 0.524. The van der Waals surface area contributed by atoms with Gasteiger partial charge in [-0.1, -0.05) is 54.6 Å². The van der Waals surface area contributed by atoms with Gasteiger partial charge in [-0.25, -0.2) is 9.97 Å². The van der Waals surface area contributed by atoms with Crippen molar-refractivity contribution in [1.29, 1.82) is 0 Å². The number of ether oxygens (including phenoxy) is 1. The maximum atomic E-state index is 5.91. The van der Waals surface area contributed by atoms with Crippen LogP contribution in [0.25, 0.3) is 22.5 Å². The highest BCUT2D eigenvalue weighted by Gasteiger charge is 2.23. The first-order valence-corrected chi connectivity index (χ1v) is 6.77. The average Bonchev–Trinajstić information content (AvgIpc) is 2.55. The number of fused-ring (bicyclic) bond motifs is 3. The van der Waals surface area contributed by atoms with Gasteiger partial charge in [0.25, 0.3) is 0 Å². The van der Waals surface area contributed by atoms with E-state index in [1.165, 1.54) is 0 Å². The van der Waals surface area contributed by atoms with E-state index in [1.54, 1.807) is 0 Å². The van der Waals surface area contributed by atoms with Crippen molar-refractivity contribution in [2.75, 3.05) is 5.73 Å². The third kappa shape index (κ3) is 1.92.